The van der Waals surface area contributed by atoms with Crippen molar-refractivity contribution in [2.75, 3.05) is 6.54 Å². The van der Waals surface area contributed by atoms with Crippen LogP contribution in [0.3, 0.4) is 0 Å². The average Bonchev–Trinajstić information content (AvgIpc) is 3.20. The Bertz CT molecular complexity index is 884. The lowest BCUT2D eigenvalue weighted by Gasteiger charge is -2.06. The van der Waals surface area contributed by atoms with Crippen molar-refractivity contribution in [2.24, 2.45) is 0 Å². The van der Waals surface area contributed by atoms with Gasteiger partial charge in [0.25, 0.3) is 0 Å². The number of sulfonamides is 1. The molecule has 7 heteroatoms. The van der Waals surface area contributed by atoms with E-state index >= 15 is 0 Å². The van der Waals surface area contributed by atoms with E-state index in [1.54, 1.807) is 17.6 Å². The van der Waals surface area contributed by atoms with E-state index in [1.807, 2.05) is 24.3 Å². The average molecular weight is 365 g/mol. The highest BCUT2D eigenvalue weighted by Gasteiger charge is 2.12. The van der Waals surface area contributed by atoms with Crippen molar-refractivity contribution in [2.45, 2.75) is 12.2 Å². The second kappa shape index (κ2) is 7.29. The third-order valence-electron chi connectivity index (χ3n) is 3.39. The van der Waals surface area contributed by atoms with Crippen molar-refractivity contribution >= 4 is 21.4 Å². The van der Waals surface area contributed by atoms with Crippen molar-refractivity contribution in [1.29, 1.82) is 0 Å². The minimum Gasteiger partial charge on any atom is -0.464 e. The third-order valence-corrected chi connectivity index (χ3v) is 5.91. The molecule has 0 unspecified atom stereocenters. The number of hydrogen-bond acceptors (Lipinski definition) is 4. The van der Waals surface area contributed by atoms with Crippen molar-refractivity contribution in [3.8, 4) is 10.6 Å². The maximum Gasteiger partial charge on any atom is 0.215 e. The molecule has 2 heterocycles. The van der Waals surface area contributed by atoms with Crippen LogP contribution >= 0.6 is 11.3 Å². The first-order chi connectivity index (χ1) is 11.5. The van der Waals surface area contributed by atoms with Crippen molar-refractivity contribution in [1.82, 2.24) is 4.72 Å². The molecule has 1 N–H and O–H groups in total. The molecule has 0 saturated heterocycles. The van der Waals surface area contributed by atoms with Gasteiger partial charge in [-0.05, 0) is 48.4 Å². The summed E-state index contributed by atoms with van der Waals surface area (Å²) in [5.74, 6) is 0.271. The summed E-state index contributed by atoms with van der Waals surface area (Å²) in [7, 11) is -3.44. The minimum absolute atomic E-state index is 0.157. The Balaban J connectivity index is 1.53. The van der Waals surface area contributed by atoms with Crippen LogP contribution in [0.2, 0.25) is 0 Å². The first kappa shape index (κ1) is 16.9. The Labute approximate surface area is 144 Å². The molecule has 0 amide bonds. The first-order valence-corrected chi connectivity index (χ1v) is 9.83. The summed E-state index contributed by atoms with van der Waals surface area (Å²) in [5, 5.41) is 0. The van der Waals surface area contributed by atoms with Gasteiger partial charge in [0.15, 0.2) is 0 Å². The van der Waals surface area contributed by atoms with Crippen LogP contribution in [-0.2, 0) is 22.2 Å². The van der Waals surface area contributed by atoms with Crippen molar-refractivity contribution in [3.05, 3.63) is 71.1 Å². The summed E-state index contributed by atoms with van der Waals surface area (Å²) >= 11 is 1.58. The first-order valence-electron chi connectivity index (χ1n) is 7.36. The summed E-state index contributed by atoms with van der Waals surface area (Å²) in [4.78, 5) is 2.09. The summed E-state index contributed by atoms with van der Waals surface area (Å²) in [6, 6.07) is 13.1. The SMILES string of the molecule is O=S(=O)(Cc1ccc(F)cc1)NCCc1ccc(-c2ccco2)s1. The fourth-order valence-electron chi connectivity index (χ4n) is 2.24. The van der Waals surface area contributed by atoms with Gasteiger partial charge >= 0.3 is 0 Å². The highest BCUT2D eigenvalue weighted by Crippen LogP contribution is 2.28. The fourth-order valence-corrected chi connectivity index (χ4v) is 4.37. The van der Waals surface area contributed by atoms with E-state index in [9.17, 15) is 12.8 Å². The number of thiophene rings is 1. The molecule has 4 nitrogen and oxygen atoms in total. The normalized spacial score (nSPS) is 11.7. The Morgan fingerprint density at radius 2 is 1.88 bits per heavy atom. The second-order valence-corrected chi connectivity index (χ2v) is 8.25. The van der Waals surface area contributed by atoms with Crippen molar-refractivity contribution in [3.63, 3.8) is 0 Å². The number of hydrogen-bond donors (Lipinski definition) is 1. The molecule has 126 valence electrons. The highest BCUT2D eigenvalue weighted by molar-refractivity contribution is 7.88. The topological polar surface area (TPSA) is 59.3 Å². The maximum absolute atomic E-state index is 12.8. The Morgan fingerprint density at radius 1 is 1.08 bits per heavy atom. The van der Waals surface area contributed by atoms with E-state index in [-0.39, 0.29) is 11.6 Å². The molecule has 1 aromatic carbocycles. The zero-order valence-corrected chi connectivity index (χ0v) is 14.4. The lowest BCUT2D eigenvalue weighted by atomic mass is 10.2. The van der Waals surface area contributed by atoms with E-state index < -0.39 is 10.0 Å². The molecule has 0 fully saturated rings. The largest absolute Gasteiger partial charge is 0.464 e. The van der Waals surface area contributed by atoms with Gasteiger partial charge in [0.2, 0.25) is 10.0 Å². The maximum atomic E-state index is 12.8. The Hall–Kier alpha value is -1.96. The predicted molar refractivity (Wildman–Crippen MR) is 92.8 cm³/mol. The number of nitrogens with one attached hydrogen (secondary N) is 1. The quantitative estimate of drug-likeness (QED) is 0.693. The van der Waals surface area contributed by atoms with Crippen LogP contribution in [0.25, 0.3) is 10.6 Å². The number of halogens is 1. The lowest BCUT2D eigenvalue weighted by molar-refractivity contribution is 0.580. The predicted octanol–water partition coefficient (Wildman–Crippen LogP) is 3.81. The van der Waals surface area contributed by atoms with Crippen LogP contribution in [0.5, 0.6) is 0 Å². The van der Waals surface area contributed by atoms with Gasteiger partial charge in [0, 0.05) is 11.4 Å². The molecule has 3 rings (SSSR count). The van der Waals surface area contributed by atoms with Gasteiger partial charge in [-0.15, -0.1) is 11.3 Å². The highest BCUT2D eigenvalue weighted by atomic mass is 32.2. The fraction of sp³-hybridized carbons (Fsp3) is 0.176. The minimum atomic E-state index is -3.44. The van der Waals surface area contributed by atoms with E-state index in [0.717, 1.165) is 15.5 Å². The van der Waals surface area contributed by atoms with Crippen LogP contribution in [0, 0.1) is 5.82 Å². The summed E-state index contributed by atoms with van der Waals surface area (Å²) in [6.45, 7) is 0.321. The van der Waals surface area contributed by atoms with Crippen molar-refractivity contribution < 1.29 is 17.2 Å². The van der Waals surface area contributed by atoms with Crippen LogP contribution < -0.4 is 4.72 Å². The zero-order chi connectivity index (χ0) is 17.0. The van der Waals surface area contributed by atoms with Crippen LogP contribution in [0.15, 0.2) is 59.2 Å². The summed E-state index contributed by atoms with van der Waals surface area (Å²) in [5.41, 5.74) is 0.556. The zero-order valence-electron chi connectivity index (χ0n) is 12.7. The third kappa shape index (κ3) is 4.53. The number of rotatable bonds is 7. The standard InChI is InChI=1S/C17H16FNO3S2/c18-14-5-3-13(4-6-14)12-24(20,21)19-10-9-15-7-8-17(23-15)16-2-1-11-22-16/h1-8,11,19H,9-10,12H2. The molecular formula is C17H16FNO3S2. The molecule has 0 aliphatic rings. The Kier molecular flexibility index (Phi) is 5.13. The van der Waals surface area contributed by atoms with Gasteiger partial charge in [0.05, 0.1) is 16.9 Å². The van der Waals surface area contributed by atoms with Crippen LogP contribution in [0.4, 0.5) is 4.39 Å². The molecule has 0 spiro atoms. The molecule has 0 aliphatic carbocycles. The molecule has 0 aliphatic heterocycles. The monoisotopic (exact) mass is 365 g/mol. The van der Waals surface area contributed by atoms with Gasteiger partial charge < -0.3 is 4.42 Å². The van der Waals surface area contributed by atoms with Gasteiger partial charge in [-0.2, -0.15) is 0 Å². The molecular weight excluding hydrogens is 349 g/mol. The molecule has 2 aromatic heterocycles. The van der Waals surface area contributed by atoms with E-state index in [1.165, 1.54) is 24.3 Å². The van der Waals surface area contributed by atoms with Crippen LogP contribution in [-0.4, -0.2) is 15.0 Å². The molecule has 3 aromatic rings. The van der Waals surface area contributed by atoms with E-state index in [0.29, 0.717) is 18.5 Å². The number of furan rings is 1. The second-order valence-electron chi connectivity index (χ2n) is 5.27. The van der Waals surface area contributed by atoms with Crippen LogP contribution in [0.1, 0.15) is 10.4 Å². The Morgan fingerprint density at radius 3 is 2.58 bits per heavy atom. The van der Waals surface area contributed by atoms with Gasteiger partial charge in [-0.3, -0.25) is 0 Å². The van der Waals surface area contributed by atoms with Gasteiger partial charge in [0.1, 0.15) is 11.6 Å². The molecule has 24 heavy (non-hydrogen) atoms. The molecule has 0 bridgehead atoms. The molecule has 0 radical (unpaired) electrons. The van der Waals surface area contributed by atoms with E-state index in [4.69, 9.17) is 4.42 Å². The van der Waals surface area contributed by atoms with Gasteiger partial charge in [-0.1, -0.05) is 12.1 Å². The lowest BCUT2D eigenvalue weighted by Crippen LogP contribution is -2.27. The summed E-state index contributed by atoms with van der Waals surface area (Å²) < 4.78 is 44.9. The van der Waals surface area contributed by atoms with Gasteiger partial charge in [-0.25, -0.2) is 17.5 Å². The van der Waals surface area contributed by atoms with E-state index in [2.05, 4.69) is 4.72 Å². The smallest absolute Gasteiger partial charge is 0.215 e. The molecule has 0 saturated carbocycles. The number of benzene rings is 1. The molecule has 0 atom stereocenters. The summed E-state index contributed by atoms with van der Waals surface area (Å²) in [6.07, 6.45) is 2.23.